The monoisotopic (exact) mass is 315 g/mol. The van der Waals surface area contributed by atoms with E-state index in [1.165, 1.54) is 0 Å². The zero-order chi connectivity index (χ0) is 17.6. The molecule has 1 heterocycles. The van der Waals surface area contributed by atoms with Crippen LogP contribution in [0.4, 0.5) is 5.69 Å². The van der Waals surface area contributed by atoms with E-state index in [2.05, 4.69) is 13.2 Å². The summed E-state index contributed by atoms with van der Waals surface area (Å²) in [5.41, 5.74) is 10.3. The van der Waals surface area contributed by atoms with Crippen LogP contribution in [0.1, 0.15) is 25.5 Å². The highest BCUT2D eigenvalue weighted by Gasteiger charge is 2.30. The maximum Gasteiger partial charge on any atom is 0.0684 e. The largest absolute Gasteiger partial charge is 0.322 e. The topological polar surface area (TPSA) is 84.5 Å². The summed E-state index contributed by atoms with van der Waals surface area (Å²) in [5, 5.41) is 3.30. The van der Waals surface area contributed by atoms with Crippen molar-refractivity contribution in [1.82, 2.24) is 5.01 Å². The minimum atomic E-state index is -0.314. The molecule has 0 spiro atoms. The van der Waals surface area contributed by atoms with E-state index in [9.17, 15) is 0 Å². The molecule has 0 fully saturated rings. The molecule has 2 atom stereocenters. The summed E-state index contributed by atoms with van der Waals surface area (Å²) in [7, 11) is 1.80. The lowest BCUT2D eigenvalue weighted by Crippen LogP contribution is -2.48. The molecule has 0 bridgehead atoms. The number of benzene rings is 1. The molecule has 1 aliphatic heterocycles. The Labute approximate surface area is 139 Å². The molecule has 6 N–H and O–H groups in total. The molecule has 1 aliphatic rings. The SMILES string of the molecule is C=C/C1=C(\C=C)C(N(C)N)C(N)c2ccccc2N(N)C1.CC. The van der Waals surface area contributed by atoms with Crippen LogP contribution in [0.15, 0.2) is 60.7 Å². The van der Waals surface area contributed by atoms with Crippen molar-refractivity contribution >= 4 is 5.69 Å². The van der Waals surface area contributed by atoms with Crippen LogP contribution in [0.2, 0.25) is 0 Å². The third-order valence-corrected chi connectivity index (χ3v) is 3.88. The molecule has 2 unspecified atom stereocenters. The molecule has 0 saturated heterocycles. The molecule has 5 nitrogen and oxygen atoms in total. The van der Waals surface area contributed by atoms with Crippen molar-refractivity contribution in [2.75, 3.05) is 18.6 Å². The number of para-hydroxylation sites is 1. The van der Waals surface area contributed by atoms with E-state index in [0.29, 0.717) is 6.54 Å². The van der Waals surface area contributed by atoms with E-state index in [0.717, 1.165) is 22.4 Å². The van der Waals surface area contributed by atoms with Crippen molar-refractivity contribution in [3.8, 4) is 0 Å². The molecule has 2 rings (SSSR count). The van der Waals surface area contributed by atoms with Gasteiger partial charge in [0.25, 0.3) is 0 Å². The summed E-state index contributed by atoms with van der Waals surface area (Å²) in [5.74, 6) is 12.2. The van der Waals surface area contributed by atoms with E-state index in [4.69, 9.17) is 17.4 Å². The number of rotatable bonds is 3. The average molecular weight is 315 g/mol. The van der Waals surface area contributed by atoms with Crippen molar-refractivity contribution in [1.29, 1.82) is 0 Å². The minimum Gasteiger partial charge on any atom is -0.322 e. The van der Waals surface area contributed by atoms with Gasteiger partial charge in [0.2, 0.25) is 0 Å². The number of hydrazine groups is 2. The van der Waals surface area contributed by atoms with Crippen molar-refractivity contribution in [3.63, 3.8) is 0 Å². The first-order valence-electron chi connectivity index (χ1n) is 7.83. The van der Waals surface area contributed by atoms with Gasteiger partial charge in [-0.1, -0.05) is 57.4 Å². The normalized spacial score (nSPS) is 24.0. The molecular weight excluding hydrogens is 286 g/mol. The summed E-state index contributed by atoms with van der Waals surface area (Å²) in [6, 6.07) is 7.34. The highest BCUT2D eigenvalue weighted by Crippen LogP contribution is 2.34. The van der Waals surface area contributed by atoms with Crippen LogP contribution in [-0.2, 0) is 0 Å². The van der Waals surface area contributed by atoms with Crippen LogP contribution in [-0.4, -0.2) is 24.6 Å². The fourth-order valence-electron chi connectivity index (χ4n) is 2.85. The van der Waals surface area contributed by atoms with Crippen LogP contribution < -0.4 is 22.4 Å². The van der Waals surface area contributed by atoms with Crippen LogP contribution >= 0.6 is 0 Å². The first-order valence-corrected chi connectivity index (χ1v) is 7.83. The van der Waals surface area contributed by atoms with E-state index < -0.39 is 0 Å². The molecule has 0 radical (unpaired) electrons. The number of anilines is 1. The van der Waals surface area contributed by atoms with Crippen LogP contribution in [0.25, 0.3) is 0 Å². The molecule has 0 aromatic heterocycles. The number of fused-ring (bicyclic) bond motifs is 1. The van der Waals surface area contributed by atoms with Gasteiger partial charge in [0.15, 0.2) is 0 Å². The molecule has 23 heavy (non-hydrogen) atoms. The lowest BCUT2D eigenvalue weighted by molar-refractivity contribution is 0.249. The zero-order valence-electron chi connectivity index (χ0n) is 14.4. The van der Waals surface area contributed by atoms with Gasteiger partial charge in [-0.3, -0.25) is 5.84 Å². The van der Waals surface area contributed by atoms with Crippen LogP contribution in [0.5, 0.6) is 0 Å². The Hall–Kier alpha value is -1.92. The summed E-state index contributed by atoms with van der Waals surface area (Å²) >= 11 is 0. The zero-order valence-corrected chi connectivity index (χ0v) is 14.4. The van der Waals surface area contributed by atoms with Crippen molar-refractivity contribution in [2.24, 2.45) is 17.4 Å². The highest BCUT2D eigenvalue weighted by molar-refractivity contribution is 5.58. The molecule has 0 saturated carbocycles. The maximum absolute atomic E-state index is 6.49. The van der Waals surface area contributed by atoms with Crippen LogP contribution in [0.3, 0.4) is 0 Å². The van der Waals surface area contributed by atoms with Gasteiger partial charge in [-0.25, -0.2) is 10.9 Å². The van der Waals surface area contributed by atoms with Crippen molar-refractivity contribution in [3.05, 3.63) is 66.3 Å². The van der Waals surface area contributed by atoms with Crippen molar-refractivity contribution < 1.29 is 0 Å². The first-order chi connectivity index (χ1) is 11.0. The van der Waals surface area contributed by atoms with Gasteiger partial charge in [-0.15, -0.1) is 0 Å². The Kier molecular flexibility index (Phi) is 7.19. The number of nitrogens with zero attached hydrogens (tertiary/aromatic N) is 2. The summed E-state index contributed by atoms with van der Waals surface area (Å²) in [6.45, 7) is 12.3. The smallest absolute Gasteiger partial charge is 0.0684 e. The Morgan fingerprint density at radius 3 is 2.35 bits per heavy atom. The number of hydrogen-bond donors (Lipinski definition) is 3. The van der Waals surface area contributed by atoms with Crippen LogP contribution in [0, 0.1) is 0 Å². The Balaban J connectivity index is 0.00000127. The number of likely N-dealkylation sites (N-methyl/N-ethyl adjacent to an activating group) is 1. The average Bonchev–Trinajstić information content (AvgIpc) is 2.57. The predicted octanol–water partition coefficient (Wildman–Crippen LogP) is 2.25. The van der Waals surface area contributed by atoms with E-state index >= 15 is 0 Å². The Bertz CT molecular complexity index is 577. The standard InChI is InChI=1S/C16H23N5.C2H6/c1-4-11-10-21(19)14-9-7-6-8-13(14)15(17)16(20(3)18)12(11)5-2;1-2/h4-9,15-16H,1-2,10,17-19H2,3H3;1-2H3/b12-11-;. The molecule has 1 aromatic carbocycles. The van der Waals surface area contributed by atoms with Gasteiger partial charge < -0.3 is 10.7 Å². The first kappa shape index (κ1) is 19.1. The lowest BCUT2D eigenvalue weighted by atomic mass is 9.87. The summed E-state index contributed by atoms with van der Waals surface area (Å²) < 4.78 is 0. The third kappa shape index (κ3) is 3.89. The number of nitrogens with two attached hydrogens (primary N) is 3. The summed E-state index contributed by atoms with van der Waals surface area (Å²) in [6.07, 6.45) is 3.57. The lowest BCUT2D eigenvalue weighted by Gasteiger charge is -2.37. The van der Waals surface area contributed by atoms with Gasteiger partial charge in [0.05, 0.1) is 24.3 Å². The van der Waals surface area contributed by atoms with E-state index in [1.54, 1.807) is 29.2 Å². The summed E-state index contributed by atoms with van der Waals surface area (Å²) in [4.78, 5) is 0. The minimum absolute atomic E-state index is 0.189. The maximum atomic E-state index is 6.49. The second-order valence-corrected chi connectivity index (χ2v) is 5.21. The second-order valence-electron chi connectivity index (χ2n) is 5.21. The molecule has 0 amide bonds. The highest BCUT2D eigenvalue weighted by atomic mass is 15.4. The van der Waals surface area contributed by atoms with E-state index in [-0.39, 0.29) is 12.1 Å². The fourth-order valence-corrected chi connectivity index (χ4v) is 2.85. The molecule has 126 valence electrons. The Morgan fingerprint density at radius 1 is 1.22 bits per heavy atom. The van der Waals surface area contributed by atoms with Gasteiger partial charge in [0, 0.05) is 7.05 Å². The molecule has 1 aromatic rings. The van der Waals surface area contributed by atoms with E-state index in [1.807, 2.05) is 38.1 Å². The molecule has 5 heteroatoms. The third-order valence-electron chi connectivity index (χ3n) is 3.88. The van der Waals surface area contributed by atoms with Crippen molar-refractivity contribution in [2.45, 2.75) is 25.9 Å². The Morgan fingerprint density at radius 2 is 1.83 bits per heavy atom. The molecule has 0 aliphatic carbocycles. The fraction of sp³-hybridized carbons (Fsp3) is 0.333. The van der Waals surface area contributed by atoms with Gasteiger partial charge >= 0.3 is 0 Å². The number of hydrogen-bond acceptors (Lipinski definition) is 5. The quantitative estimate of drug-likeness (QED) is 0.588. The van der Waals surface area contributed by atoms with Gasteiger partial charge in [-0.05, 0) is 22.8 Å². The second kappa shape index (κ2) is 8.64. The molecular formula is C18H29N5. The van der Waals surface area contributed by atoms with Gasteiger partial charge in [-0.2, -0.15) is 0 Å². The predicted molar refractivity (Wildman–Crippen MR) is 99.4 cm³/mol. The van der Waals surface area contributed by atoms with Gasteiger partial charge in [0.1, 0.15) is 0 Å².